The summed E-state index contributed by atoms with van der Waals surface area (Å²) >= 11 is 0. The maximum atomic E-state index is 4.88. The molecule has 1 fully saturated rings. The van der Waals surface area contributed by atoms with E-state index < -0.39 is 0 Å². The van der Waals surface area contributed by atoms with Crippen LogP contribution in [0.2, 0.25) is 0 Å². The summed E-state index contributed by atoms with van der Waals surface area (Å²) in [6, 6.07) is 6.08. The molecule has 4 rings (SSSR count). The van der Waals surface area contributed by atoms with Gasteiger partial charge in [0, 0.05) is 81.2 Å². The molecule has 0 bridgehead atoms. The first kappa shape index (κ1) is 18.6. The third kappa shape index (κ3) is 4.36. The number of pyridine rings is 1. The molecule has 1 aliphatic rings. The van der Waals surface area contributed by atoms with Crippen molar-refractivity contribution in [2.45, 2.75) is 26.3 Å². The molecule has 0 aliphatic carbocycles. The van der Waals surface area contributed by atoms with Crippen LogP contribution in [0, 0.1) is 0 Å². The highest BCUT2D eigenvalue weighted by Gasteiger charge is 2.18. The molecule has 0 N–H and O–H groups in total. The summed E-state index contributed by atoms with van der Waals surface area (Å²) < 4.78 is 1.87. The Kier molecular flexibility index (Phi) is 5.62. The molecule has 7 heteroatoms. The zero-order valence-electron chi connectivity index (χ0n) is 16.6. The molecule has 146 valence electrons. The maximum Gasteiger partial charge on any atom is 0.161 e. The highest BCUT2D eigenvalue weighted by molar-refractivity contribution is 5.57. The first-order valence-electron chi connectivity index (χ1n) is 9.94. The summed E-state index contributed by atoms with van der Waals surface area (Å²) in [6.07, 6.45) is 9.66. The Balaban J connectivity index is 1.50. The topological polar surface area (TPSA) is 63.0 Å². The lowest BCUT2D eigenvalue weighted by molar-refractivity contribution is 0.285. The third-order valence-corrected chi connectivity index (χ3v) is 5.14. The molecule has 0 saturated carbocycles. The van der Waals surface area contributed by atoms with Crippen molar-refractivity contribution in [3.05, 3.63) is 54.2 Å². The molecule has 28 heavy (non-hydrogen) atoms. The van der Waals surface area contributed by atoms with Crippen LogP contribution in [0.1, 0.15) is 24.6 Å². The van der Waals surface area contributed by atoms with E-state index in [1.807, 2.05) is 30.1 Å². The van der Waals surface area contributed by atoms with Crippen LogP contribution in [-0.2, 0) is 20.0 Å². The number of anilines is 1. The maximum absolute atomic E-state index is 4.88. The van der Waals surface area contributed by atoms with Gasteiger partial charge in [0.1, 0.15) is 5.82 Å². The second-order valence-electron chi connectivity index (χ2n) is 7.27. The quantitative estimate of drug-likeness (QED) is 0.681. The largest absolute Gasteiger partial charge is 0.355 e. The number of rotatable bonds is 5. The second-order valence-corrected chi connectivity index (χ2v) is 7.27. The van der Waals surface area contributed by atoms with Crippen molar-refractivity contribution in [2.75, 3.05) is 31.1 Å². The number of aryl methyl sites for hydroxylation is 2. The summed E-state index contributed by atoms with van der Waals surface area (Å²) in [6.45, 7) is 7.18. The Morgan fingerprint density at radius 3 is 2.64 bits per heavy atom. The fourth-order valence-electron chi connectivity index (χ4n) is 3.63. The highest BCUT2D eigenvalue weighted by atomic mass is 15.3. The van der Waals surface area contributed by atoms with E-state index in [2.05, 4.69) is 39.1 Å². The van der Waals surface area contributed by atoms with Crippen LogP contribution in [0.5, 0.6) is 0 Å². The smallest absolute Gasteiger partial charge is 0.161 e. The van der Waals surface area contributed by atoms with Crippen LogP contribution in [0.15, 0.2) is 43.0 Å². The van der Waals surface area contributed by atoms with E-state index in [1.54, 1.807) is 12.4 Å². The number of hydrogen-bond donors (Lipinski definition) is 0. The Morgan fingerprint density at radius 1 is 1.04 bits per heavy atom. The summed E-state index contributed by atoms with van der Waals surface area (Å²) in [4.78, 5) is 18.6. The van der Waals surface area contributed by atoms with E-state index in [1.165, 1.54) is 5.56 Å². The summed E-state index contributed by atoms with van der Waals surface area (Å²) in [5.41, 5.74) is 3.36. The number of hydrogen-bond acceptors (Lipinski definition) is 6. The molecule has 0 aromatic carbocycles. The van der Waals surface area contributed by atoms with Crippen molar-refractivity contribution in [1.82, 2.24) is 29.6 Å². The first-order valence-corrected chi connectivity index (χ1v) is 9.94. The predicted octanol–water partition coefficient (Wildman–Crippen LogP) is 2.55. The fourth-order valence-corrected chi connectivity index (χ4v) is 3.63. The minimum atomic E-state index is 0.785. The Bertz CT molecular complexity index is 906. The highest BCUT2D eigenvalue weighted by Crippen LogP contribution is 2.21. The number of nitrogens with zero attached hydrogens (tertiary/aromatic N) is 7. The molecule has 3 aromatic rings. The van der Waals surface area contributed by atoms with Crippen LogP contribution in [0.25, 0.3) is 11.4 Å². The lowest BCUT2D eigenvalue weighted by Gasteiger charge is -2.23. The van der Waals surface area contributed by atoms with Crippen molar-refractivity contribution in [2.24, 2.45) is 7.05 Å². The fraction of sp³-hybridized carbons (Fsp3) is 0.429. The molecule has 0 atom stereocenters. The monoisotopic (exact) mass is 377 g/mol. The molecule has 0 radical (unpaired) electrons. The van der Waals surface area contributed by atoms with Gasteiger partial charge < -0.3 is 4.90 Å². The number of aromatic nitrogens is 5. The summed E-state index contributed by atoms with van der Waals surface area (Å²) in [5.74, 6) is 1.81. The van der Waals surface area contributed by atoms with Gasteiger partial charge in [0.05, 0.1) is 6.20 Å². The third-order valence-electron chi connectivity index (χ3n) is 5.14. The van der Waals surface area contributed by atoms with Crippen molar-refractivity contribution >= 4 is 5.82 Å². The van der Waals surface area contributed by atoms with Gasteiger partial charge in [-0.15, -0.1) is 0 Å². The van der Waals surface area contributed by atoms with Gasteiger partial charge in [-0.3, -0.25) is 14.6 Å². The van der Waals surface area contributed by atoms with Gasteiger partial charge in [-0.05, 0) is 25.0 Å². The summed E-state index contributed by atoms with van der Waals surface area (Å²) in [7, 11) is 1.97. The van der Waals surface area contributed by atoms with E-state index in [0.717, 1.165) is 68.5 Å². The predicted molar refractivity (Wildman–Crippen MR) is 110 cm³/mol. The minimum Gasteiger partial charge on any atom is -0.355 e. The zero-order chi connectivity index (χ0) is 19.3. The molecule has 3 aromatic heterocycles. The Hall–Kier alpha value is -2.80. The molecule has 0 spiro atoms. The van der Waals surface area contributed by atoms with Crippen LogP contribution in [0.3, 0.4) is 0 Å². The van der Waals surface area contributed by atoms with E-state index >= 15 is 0 Å². The SMILES string of the molecule is CCc1cc(N2CCCN(Cc3cnn(C)c3)CC2)nc(-c2ccncc2)n1. The average molecular weight is 377 g/mol. The molecular weight excluding hydrogens is 350 g/mol. The van der Waals surface area contributed by atoms with Gasteiger partial charge in [-0.25, -0.2) is 9.97 Å². The Labute approximate surface area is 166 Å². The molecule has 7 nitrogen and oxygen atoms in total. The minimum absolute atomic E-state index is 0.785. The molecule has 0 amide bonds. The lowest BCUT2D eigenvalue weighted by atomic mass is 10.2. The van der Waals surface area contributed by atoms with Gasteiger partial charge in [-0.2, -0.15) is 5.10 Å². The lowest BCUT2D eigenvalue weighted by Crippen LogP contribution is -2.31. The molecule has 1 saturated heterocycles. The van der Waals surface area contributed by atoms with Gasteiger partial charge in [-0.1, -0.05) is 6.92 Å². The second kappa shape index (κ2) is 8.48. The van der Waals surface area contributed by atoms with Crippen molar-refractivity contribution < 1.29 is 0 Å². The molecule has 0 unspecified atom stereocenters. The molecule has 1 aliphatic heterocycles. The average Bonchev–Trinajstić information content (AvgIpc) is 3.00. The van der Waals surface area contributed by atoms with Crippen LogP contribution in [-0.4, -0.2) is 55.8 Å². The van der Waals surface area contributed by atoms with E-state index in [-0.39, 0.29) is 0 Å². The first-order chi connectivity index (χ1) is 13.7. The standard InChI is InChI=1S/C21H27N7/c1-3-19-13-20(25-21(24-19)18-5-7-22-8-6-18)28-10-4-9-27(11-12-28)16-17-14-23-26(2)15-17/h5-8,13-15H,3-4,9-12,16H2,1-2H3. The van der Waals surface area contributed by atoms with Crippen LogP contribution in [0.4, 0.5) is 5.82 Å². The van der Waals surface area contributed by atoms with E-state index in [4.69, 9.17) is 9.97 Å². The molecular formula is C21H27N7. The molecule has 4 heterocycles. The van der Waals surface area contributed by atoms with Gasteiger partial charge in [0.15, 0.2) is 5.82 Å². The zero-order valence-corrected chi connectivity index (χ0v) is 16.6. The van der Waals surface area contributed by atoms with Gasteiger partial charge >= 0.3 is 0 Å². The van der Waals surface area contributed by atoms with Crippen molar-refractivity contribution in [3.63, 3.8) is 0 Å². The van der Waals surface area contributed by atoms with Crippen molar-refractivity contribution in [3.8, 4) is 11.4 Å². The van der Waals surface area contributed by atoms with Crippen molar-refractivity contribution in [1.29, 1.82) is 0 Å². The van der Waals surface area contributed by atoms with Gasteiger partial charge in [0.2, 0.25) is 0 Å². The van der Waals surface area contributed by atoms with Crippen LogP contribution >= 0.6 is 0 Å². The van der Waals surface area contributed by atoms with Gasteiger partial charge in [0.25, 0.3) is 0 Å². The van der Waals surface area contributed by atoms with Crippen LogP contribution < -0.4 is 4.90 Å². The van der Waals surface area contributed by atoms with E-state index in [9.17, 15) is 0 Å². The summed E-state index contributed by atoms with van der Waals surface area (Å²) in [5, 5.41) is 4.28. The normalized spacial score (nSPS) is 15.6. The Morgan fingerprint density at radius 2 is 1.89 bits per heavy atom. The van der Waals surface area contributed by atoms with E-state index in [0.29, 0.717) is 0 Å².